The van der Waals surface area contributed by atoms with Gasteiger partial charge in [-0.2, -0.15) is 5.26 Å². The molecule has 0 aliphatic heterocycles. The van der Waals surface area contributed by atoms with Gasteiger partial charge in [0, 0.05) is 18.7 Å². The second kappa shape index (κ2) is 5.83. The summed E-state index contributed by atoms with van der Waals surface area (Å²) in [5.74, 6) is 0.655. The normalized spacial score (nSPS) is 11.7. The Bertz CT molecular complexity index is 775. The molecular weight excluding hydrogens is 296 g/mol. The summed E-state index contributed by atoms with van der Waals surface area (Å²) in [7, 11) is -3.72. The average Bonchev–Trinajstić information content (AvgIpc) is 2.74. The summed E-state index contributed by atoms with van der Waals surface area (Å²) in [6.45, 7) is 2.71. The molecule has 1 aromatic heterocycles. The fraction of sp³-hybridized carbons (Fsp3) is 0.333. The summed E-state index contributed by atoms with van der Waals surface area (Å²) >= 11 is 1.48. The van der Waals surface area contributed by atoms with E-state index >= 15 is 0 Å². The smallest absolute Gasteiger partial charge is 0.238 e. The first-order valence-electron chi connectivity index (χ1n) is 6.00. The Balaban J connectivity index is 2.48. The second-order valence-electron chi connectivity index (χ2n) is 4.09. The van der Waals surface area contributed by atoms with E-state index in [0.717, 1.165) is 17.2 Å². The predicted octanol–water partition coefficient (Wildman–Crippen LogP) is 1.71. The first kappa shape index (κ1) is 14.8. The number of aromatic nitrogens is 2. The van der Waals surface area contributed by atoms with Crippen molar-refractivity contribution in [1.82, 2.24) is 9.55 Å². The van der Waals surface area contributed by atoms with E-state index in [1.54, 1.807) is 6.07 Å². The number of nitrogens with two attached hydrogens (primary N) is 1. The van der Waals surface area contributed by atoms with Gasteiger partial charge in [-0.25, -0.2) is 18.5 Å². The van der Waals surface area contributed by atoms with E-state index in [1.165, 1.54) is 23.9 Å². The third-order valence-electron chi connectivity index (χ3n) is 2.77. The van der Waals surface area contributed by atoms with E-state index < -0.39 is 10.0 Å². The predicted molar refractivity (Wildman–Crippen MR) is 77.7 cm³/mol. The maximum atomic E-state index is 11.4. The molecule has 2 aromatic rings. The van der Waals surface area contributed by atoms with Crippen molar-refractivity contribution in [2.75, 3.05) is 5.75 Å². The van der Waals surface area contributed by atoms with Gasteiger partial charge in [0.05, 0.1) is 22.0 Å². The zero-order valence-electron chi connectivity index (χ0n) is 10.9. The van der Waals surface area contributed by atoms with Gasteiger partial charge in [0.2, 0.25) is 10.0 Å². The van der Waals surface area contributed by atoms with Crippen molar-refractivity contribution >= 4 is 32.8 Å². The van der Waals surface area contributed by atoms with Crippen LogP contribution in [0.15, 0.2) is 28.3 Å². The summed E-state index contributed by atoms with van der Waals surface area (Å²) in [5.41, 5.74) is 1.46. The molecule has 8 heteroatoms. The van der Waals surface area contributed by atoms with Crippen molar-refractivity contribution in [3.05, 3.63) is 18.2 Å². The summed E-state index contributed by atoms with van der Waals surface area (Å²) in [6.07, 6.45) is 0.444. The third kappa shape index (κ3) is 2.95. The van der Waals surface area contributed by atoms with Crippen molar-refractivity contribution in [1.29, 1.82) is 5.26 Å². The van der Waals surface area contributed by atoms with Crippen molar-refractivity contribution in [2.45, 2.75) is 29.9 Å². The highest BCUT2D eigenvalue weighted by atomic mass is 32.2. The molecule has 2 N–H and O–H groups in total. The lowest BCUT2D eigenvalue weighted by atomic mass is 10.3. The van der Waals surface area contributed by atoms with E-state index in [1.807, 2.05) is 11.5 Å². The van der Waals surface area contributed by atoms with E-state index in [0.29, 0.717) is 17.7 Å². The highest BCUT2D eigenvalue weighted by Gasteiger charge is 2.14. The van der Waals surface area contributed by atoms with Crippen molar-refractivity contribution in [3.63, 3.8) is 0 Å². The Morgan fingerprint density at radius 1 is 1.50 bits per heavy atom. The van der Waals surface area contributed by atoms with Crippen molar-refractivity contribution < 1.29 is 8.42 Å². The highest BCUT2D eigenvalue weighted by Crippen LogP contribution is 2.26. The number of imidazole rings is 1. The lowest BCUT2D eigenvalue weighted by Crippen LogP contribution is -2.11. The van der Waals surface area contributed by atoms with Crippen LogP contribution >= 0.6 is 11.8 Å². The quantitative estimate of drug-likeness (QED) is 0.669. The van der Waals surface area contributed by atoms with E-state index in [-0.39, 0.29) is 4.90 Å². The maximum Gasteiger partial charge on any atom is 0.238 e. The number of nitrogens with zero attached hydrogens (tertiary/aromatic N) is 3. The molecule has 0 spiro atoms. The molecule has 0 saturated carbocycles. The number of thioether (sulfide) groups is 1. The van der Waals surface area contributed by atoms with Gasteiger partial charge < -0.3 is 4.57 Å². The number of nitriles is 1. The monoisotopic (exact) mass is 310 g/mol. The summed E-state index contributed by atoms with van der Waals surface area (Å²) < 4.78 is 24.7. The molecule has 0 bridgehead atoms. The van der Waals surface area contributed by atoms with Crippen LogP contribution in [0.2, 0.25) is 0 Å². The SMILES string of the molecule is CCn1c(SCCC#N)nc2cc(S(N)(=O)=O)ccc21. The molecule has 20 heavy (non-hydrogen) atoms. The first-order valence-corrected chi connectivity index (χ1v) is 8.53. The Hall–Kier alpha value is -1.56. The van der Waals surface area contributed by atoms with Crippen LogP contribution in [-0.2, 0) is 16.6 Å². The van der Waals surface area contributed by atoms with Crippen LogP contribution in [0.4, 0.5) is 0 Å². The van der Waals surface area contributed by atoms with Gasteiger partial charge in [0.25, 0.3) is 0 Å². The third-order valence-corrected chi connectivity index (χ3v) is 4.66. The Kier molecular flexibility index (Phi) is 4.32. The van der Waals surface area contributed by atoms with Gasteiger partial charge in [-0.1, -0.05) is 11.8 Å². The Labute approximate surface area is 121 Å². The maximum absolute atomic E-state index is 11.4. The molecule has 0 unspecified atom stereocenters. The molecule has 2 rings (SSSR count). The molecule has 0 fully saturated rings. The number of rotatable bonds is 5. The topological polar surface area (TPSA) is 102 Å². The number of sulfonamides is 1. The number of fused-ring (bicyclic) bond motifs is 1. The standard InChI is InChI=1S/C12H14N4O2S2/c1-2-16-11-5-4-9(20(14,17)18)8-10(11)15-12(16)19-7-3-6-13/h4-5,8H,2-3,7H2,1H3,(H2,14,17,18). The molecule has 0 amide bonds. The zero-order valence-corrected chi connectivity index (χ0v) is 12.5. The van der Waals surface area contributed by atoms with E-state index in [4.69, 9.17) is 10.4 Å². The number of hydrogen-bond donors (Lipinski definition) is 1. The first-order chi connectivity index (χ1) is 9.47. The molecular formula is C12H14N4O2S2. The molecule has 0 radical (unpaired) electrons. The molecule has 0 aliphatic carbocycles. The van der Waals surface area contributed by atoms with Gasteiger partial charge in [-0.05, 0) is 25.1 Å². The summed E-state index contributed by atoms with van der Waals surface area (Å²) in [5, 5.41) is 14.5. The largest absolute Gasteiger partial charge is 0.319 e. The number of benzene rings is 1. The molecule has 0 saturated heterocycles. The number of aryl methyl sites for hydroxylation is 1. The van der Waals surface area contributed by atoms with Gasteiger partial charge in [-0.3, -0.25) is 0 Å². The minimum Gasteiger partial charge on any atom is -0.319 e. The second-order valence-corrected chi connectivity index (χ2v) is 6.71. The lowest BCUT2D eigenvalue weighted by Gasteiger charge is -2.04. The van der Waals surface area contributed by atoms with E-state index in [9.17, 15) is 8.42 Å². The summed E-state index contributed by atoms with van der Waals surface area (Å²) in [4.78, 5) is 4.48. The zero-order chi connectivity index (χ0) is 14.8. The Morgan fingerprint density at radius 3 is 2.85 bits per heavy atom. The van der Waals surface area contributed by atoms with Crippen LogP contribution in [0.25, 0.3) is 11.0 Å². The molecule has 6 nitrogen and oxygen atoms in total. The van der Waals surface area contributed by atoms with Crippen LogP contribution in [0.5, 0.6) is 0 Å². The fourth-order valence-corrected chi connectivity index (χ4v) is 3.32. The minimum atomic E-state index is -3.72. The lowest BCUT2D eigenvalue weighted by molar-refractivity contribution is 0.598. The van der Waals surface area contributed by atoms with Crippen molar-refractivity contribution in [2.24, 2.45) is 5.14 Å². The van der Waals surface area contributed by atoms with Crippen molar-refractivity contribution in [3.8, 4) is 6.07 Å². The van der Waals surface area contributed by atoms with E-state index in [2.05, 4.69) is 11.1 Å². The molecule has 0 aliphatic rings. The highest BCUT2D eigenvalue weighted by molar-refractivity contribution is 7.99. The number of hydrogen-bond acceptors (Lipinski definition) is 5. The average molecular weight is 310 g/mol. The minimum absolute atomic E-state index is 0.0549. The molecule has 106 valence electrons. The summed E-state index contributed by atoms with van der Waals surface area (Å²) in [6, 6.07) is 6.75. The van der Waals surface area contributed by atoms with Gasteiger partial charge in [0.1, 0.15) is 0 Å². The molecule has 1 heterocycles. The van der Waals surface area contributed by atoms with Crippen LogP contribution in [-0.4, -0.2) is 23.7 Å². The van der Waals surface area contributed by atoms with Crippen LogP contribution in [0, 0.1) is 11.3 Å². The molecule has 0 atom stereocenters. The van der Waals surface area contributed by atoms with Crippen LogP contribution < -0.4 is 5.14 Å². The fourth-order valence-electron chi connectivity index (χ4n) is 1.87. The van der Waals surface area contributed by atoms with Crippen LogP contribution in [0.3, 0.4) is 0 Å². The molecule has 1 aromatic carbocycles. The van der Waals surface area contributed by atoms with Gasteiger partial charge >= 0.3 is 0 Å². The van der Waals surface area contributed by atoms with Gasteiger partial charge in [-0.15, -0.1) is 0 Å². The number of primary sulfonamides is 1. The van der Waals surface area contributed by atoms with Gasteiger partial charge in [0.15, 0.2) is 5.16 Å². The van der Waals surface area contributed by atoms with Crippen LogP contribution in [0.1, 0.15) is 13.3 Å². The Morgan fingerprint density at radius 2 is 2.25 bits per heavy atom.